The van der Waals surface area contributed by atoms with Crippen LogP contribution in [0.5, 0.6) is 11.5 Å². The van der Waals surface area contributed by atoms with Crippen molar-refractivity contribution in [2.45, 2.75) is 51.1 Å². The first-order valence-corrected chi connectivity index (χ1v) is 10.5. The molecule has 2 aromatic rings. The summed E-state index contributed by atoms with van der Waals surface area (Å²) in [5.41, 5.74) is 0.856. The highest BCUT2D eigenvalue weighted by atomic mass is 19.4. The molecular weight excluding hydrogens is 444 g/mol. The molecule has 0 unspecified atom stereocenters. The summed E-state index contributed by atoms with van der Waals surface area (Å²) < 4.78 is 59.8. The lowest BCUT2D eigenvalue weighted by Crippen LogP contribution is -2.39. The van der Waals surface area contributed by atoms with Gasteiger partial charge in [0.25, 0.3) is 0 Å². The summed E-state index contributed by atoms with van der Waals surface area (Å²) in [5.74, 6) is -1.81. The predicted molar refractivity (Wildman–Crippen MR) is 112 cm³/mol. The van der Waals surface area contributed by atoms with Crippen LogP contribution in [0.3, 0.4) is 0 Å². The molecule has 6 nitrogen and oxygen atoms in total. The van der Waals surface area contributed by atoms with E-state index < -0.39 is 24.0 Å². The van der Waals surface area contributed by atoms with Gasteiger partial charge in [-0.3, -0.25) is 4.79 Å². The van der Waals surface area contributed by atoms with Gasteiger partial charge < -0.3 is 19.7 Å². The van der Waals surface area contributed by atoms with Crippen molar-refractivity contribution in [1.29, 1.82) is 0 Å². The molecule has 1 saturated carbocycles. The summed E-state index contributed by atoms with van der Waals surface area (Å²) in [7, 11) is 1.64. The van der Waals surface area contributed by atoms with Crippen LogP contribution >= 0.6 is 0 Å². The van der Waals surface area contributed by atoms with Crippen LogP contribution in [-0.2, 0) is 4.79 Å². The van der Waals surface area contributed by atoms with E-state index in [1.54, 1.807) is 26.1 Å². The zero-order valence-electron chi connectivity index (χ0n) is 18.1. The van der Waals surface area contributed by atoms with Gasteiger partial charge in [0, 0.05) is 25.6 Å². The molecule has 0 aliphatic heterocycles. The predicted octanol–water partition coefficient (Wildman–Crippen LogP) is 5.27. The number of ether oxygens (including phenoxy) is 2. The summed E-state index contributed by atoms with van der Waals surface area (Å²) in [6, 6.07) is 9.26. The molecule has 0 spiro atoms. The number of nitrogens with zero attached hydrogens (tertiary/aromatic N) is 1. The number of amides is 2. The lowest BCUT2D eigenvalue weighted by atomic mass is 10.1. The number of hydrogen-bond donors (Lipinski definition) is 1. The molecule has 1 aliphatic carbocycles. The third-order valence-electron chi connectivity index (χ3n) is 5.48. The summed E-state index contributed by atoms with van der Waals surface area (Å²) >= 11 is 0. The van der Waals surface area contributed by atoms with Crippen LogP contribution in [-0.4, -0.2) is 42.4 Å². The molecule has 2 atom stereocenters. The van der Waals surface area contributed by atoms with E-state index in [9.17, 15) is 27.2 Å². The first kappa shape index (κ1) is 24.3. The molecule has 178 valence electrons. The van der Waals surface area contributed by atoms with Gasteiger partial charge in [0.2, 0.25) is 5.91 Å². The number of hydrogen-bond acceptors (Lipinski definition) is 4. The summed E-state index contributed by atoms with van der Waals surface area (Å²) in [6.45, 7) is 1.78. The van der Waals surface area contributed by atoms with Gasteiger partial charge in [0.05, 0.1) is 0 Å². The third kappa shape index (κ3) is 6.59. The van der Waals surface area contributed by atoms with E-state index in [2.05, 4.69) is 10.1 Å². The van der Waals surface area contributed by atoms with Crippen molar-refractivity contribution in [1.82, 2.24) is 10.2 Å². The van der Waals surface area contributed by atoms with E-state index in [1.807, 2.05) is 0 Å². The largest absolute Gasteiger partial charge is 0.573 e. The maximum atomic E-state index is 13.9. The second-order valence-corrected chi connectivity index (χ2v) is 7.78. The Morgan fingerprint density at radius 3 is 2.36 bits per heavy atom. The van der Waals surface area contributed by atoms with Crippen LogP contribution < -0.4 is 14.8 Å². The minimum atomic E-state index is -4.98. The average molecular weight is 468 g/mol. The Hall–Kier alpha value is -3.30. The van der Waals surface area contributed by atoms with Gasteiger partial charge in [-0.1, -0.05) is 25.1 Å². The summed E-state index contributed by atoms with van der Waals surface area (Å²) in [4.78, 5) is 25.5. The van der Waals surface area contributed by atoms with E-state index in [1.165, 1.54) is 23.1 Å². The average Bonchev–Trinajstić information content (AvgIpc) is 3.22. The molecule has 0 radical (unpaired) electrons. The Bertz CT molecular complexity index is 995. The maximum Gasteiger partial charge on any atom is 0.573 e. The number of benzene rings is 2. The first-order valence-electron chi connectivity index (χ1n) is 10.5. The fourth-order valence-corrected chi connectivity index (χ4v) is 3.70. The third-order valence-corrected chi connectivity index (χ3v) is 5.48. The number of alkyl halides is 3. The Labute approximate surface area is 188 Å². The van der Waals surface area contributed by atoms with Crippen molar-refractivity contribution < 1.29 is 36.6 Å². The standard InChI is InChI=1S/C23H24F4N2O4/c1-3-21(30)28-16-7-8-17(13-16)29(2)22(31)32-18-9-4-14(5-10-18)15-6-11-20(19(24)12-15)33-23(25,26)27/h4-6,9-12,16-17H,3,7-8,13H2,1-2H3,(H,28,30)/t16-,17+/m0/s1. The molecule has 2 amide bonds. The number of carbonyl (C=O) groups excluding carboxylic acids is 2. The fraction of sp³-hybridized carbons (Fsp3) is 0.391. The van der Waals surface area contributed by atoms with Gasteiger partial charge in [0.1, 0.15) is 5.75 Å². The highest BCUT2D eigenvalue weighted by molar-refractivity contribution is 5.76. The first-order chi connectivity index (χ1) is 15.6. The summed E-state index contributed by atoms with van der Waals surface area (Å²) in [5, 5.41) is 2.93. The monoisotopic (exact) mass is 468 g/mol. The molecule has 1 N–H and O–H groups in total. The Kier molecular flexibility index (Phi) is 7.45. The van der Waals surface area contributed by atoms with Gasteiger partial charge in [-0.25, -0.2) is 9.18 Å². The van der Waals surface area contributed by atoms with Crippen LogP contribution in [0.4, 0.5) is 22.4 Å². The zero-order chi connectivity index (χ0) is 24.2. The van der Waals surface area contributed by atoms with Gasteiger partial charge in [-0.2, -0.15) is 0 Å². The number of carbonyl (C=O) groups is 2. The minimum Gasteiger partial charge on any atom is -0.410 e. The lowest BCUT2D eigenvalue weighted by Gasteiger charge is -2.24. The van der Waals surface area contributed by atoms with Crippen molar-refractivity contribution in [2.24, 2.45) is 0 Å². The molecule has 1 aliphatic rings. The fourth-order valence-electron chi connectivity index (χ4n) is 3.70. The maximum absolute atomic E-state index is 13.9. The number of rotatable bonds is 6. The van der Waals surface area contributed by atoms with Crippen LogP contribution in [0.15, 0.2) is 42.5 Å². The molecule has 33 heavy (non-hydrogen) atoms. The van der Waals surface area contributed by atoms with Crippen molar-refractivity contribution >= 4 is 12.0 Å². The highest BCUT2D eigenvalue weighted by Gasteiger charge is 2.33. The van der Waals surface area contributed by atoms with Crippen molar-refractivity contribution in [3.8, 4) is 22.6 Å². The van der Waals surface area contributed by atoms with E-state index in [0.29, 0.717) is 24.0 Å². The quantitative estimate of drug-likeness (QED) is 0.587. The molecule has 2 aromatic carbocycles. The van der Waals surface area contributed by atoms with Crippen molar-refractivity contribution in [3.05, 3.63) is 48.3 Å². The Balaban J connectivity index is 1.59. The van der Waals surface area contributed by atoms with Crippen LogP contribution in [0.1, 0.15) is 32.6 Å². The van der Waals surface area contributed by atoms with E-state index in [4.69, 9.17) is 4.74 Å². The molecular formula is C23H24F4N2O4. The van der Waals surface area contributed by atoms with Crippen molar-refractivity contribution in [3.63, 3.8) is 0 Å². The molecule has 0 heterocycles. The van der Waals surface area contributed by atoms with Crippen LogP contribution in [0.2, 0.25) is 0 Å². The van der Waals surface area contributed by atoms with E-state index in [-0.39, 0.29) is 23.7 Å². The highest BCUT2D eigenvalue weighted by Crippen LogP contribution is 2.30. The van der Waals surface area contributed by atoms with Gasteiger partial charge in [0.15, 0.2) is 11.6 Å². The zero-order valence-corrected chi connectivity index (χ0v) is 18.1. The van der Waals surface area contributed by atoms with Crippen LogP contribution in [0.25, 0.3) is 11.1 Å². The van der Waals surface area contributed by atoms with Crippen LogP contribution in [0, 0.1) is 5.82 Å². The normalized spacial score (nSPS) is 18.0. The second-order valence-electron chi connectivity index (χ2n) is 7.78. The van der Waals surface area contributed by atoms with Gasteiger partial charge >= 0.3 is 12.5 Å². The SMILES string of the molecule is CCC(=O)N[C@H]1CC[C@@H](N(C)C(=O)Oc2ccc(-c3ccc(OC(F)(F)F)c(F)c3)cc2)C1. The number of nitrogens with one attached hydrogen (secondary N) is 1. The van der Waals surface area contributed by atoms with E-state index in [0.717, 1.165) is 25.0 Å². The molecule has 0 bridgehead atoms. The molecule has 10 heteroatoms. The summed E-state index contributed by atoms with van der Waals surface area (Å²) in [6.07, 6.45) is -2.94. The Morgan fingerprint density at radius 2 is 1.76 bits per heavy atom. The minimum absolute atomic E-state index is 0.0200. The molecule has 0 aromatic heterocycles. The molecule has 0 saturated heterocycles. The van der Waals surface area contributed by atoms with Gasteiger partial charge in [-0.05, 0) is 54.7 Å². The van der Waals surface area contributed by atoms with E-state index >= 15 is 0 Å². The number of halogens is 4. The Morgan fingerprint density at radius 1 is 1.09 bits per heavy atom. The second kappa shape index (κ2) is 10.1. The molecule has 3 rings (SSSR count). The lowest BCUT2D eigenvalue weighted by molar-refractivity contribution is -0.275. The smallest absolute Gasteiger partial charge is 0.410 e. The molecule has 1 fully saturated rings. The topological polar surface area (TPSA) is 67.9 Å². The van der Waals surface area contributed by atoms with Gasteiger partial charge in [-0.15, -0.1) is 13.2 Å². The van der Waals surface area contributed by atoms with Crippen molar-refractivity contribution in [2.75, 3.05) is 7.05 Å².